The maximum Gasteiger partial charge on any atom is 0.339 e. The maximum atomic E-state index is 12.4. The average molecular weight is 399 g/mol. The number of ether oxygens (including phenoxy) is 1. The highest BCUT2D eigenvalue weighted by molar-refractivity contribution is 6.06. The summed E-state index contributed by atoms with van der Waals surface area (Å²) in [4.78, 5) is 30.3. The highest BCUT2D eigenvalue weighted by Gasteiger charge is 2.30. The van der Waals surface area contributed by atoms with E-state index in [-0.39, 0.29) is 22.6 Å². The number of carboxylic acids is 1. The molecule has 156 valence electrons. The van der Waals surface area contributed by atoms with Crippen LogP contribution in [0.1, 0.15) is 49.7 Å². The number of nitrogen functional groups attached to an aromatic ring is 1. The van der Waals surface area contributed by atoms with E-state index in [1.807, 2.05) is 31.7 Å². The fourth-order valence-corrected chi connectivity index (χ4v) is 3.81. The zero-order chi connectivity index (χ0) is 21.3. The number of fused-ring (bicyclic) bond motifs is 1. The minimum absolute atomic E-state index is 0.0163. The van der Waals surface area contributed by atoms with Gasteiger partial charge in [0.25, 0.3) is 0 Å². The van der Waals surface area contributed by atoms with Gasteiger partial charge in [-0.15, -0.1) is 0 Å². The molecule has 0 aliphatic carbocycles. The molecule has 0 bridgehead atoms. The van der Waals surface area contributed by atoms with Crippen LogP contribution in [-0.2, 0) is 4.79 Å². The first-order chi connectivity index (χ1) is 13.6. The van der Waals surface area contributed by atoms with Crippen LogP contribution in [0, 0.1) is 18.3 Å². The van der Waals surface area contributed by atoms with Crippen LogP contribution in [0.2, 0.25) is 0 Å². The molecule has 0 atom stereocenters. The zero-order valence-electron chi connectivity index (χ0n) is 17.5. The largest absolute Gasteiger partial charge is 0.493 e. The lowest BCUT2D eigenvalue weighted by atomic mass is 9.91. The van der Waals surface area contributed by atoms with Gasteiger partial charge in [-0.25, -0.2) is 4.79 Å². The SMILES string of the molecule is Cc1nc2cccc(OCC3CCN(C(=O)C(C)(C)C)CC3)c2c(N)c1C(=O)O. The minimum atomic E-state index is -1.10. The number of piperidine rings is 1. The molecule has 1 aliphatic heterocycles. The number of aryl methyl sites for hydroxylation is 1. The van der Waals surface area contributed by atoms with E-state index >= 15 is 0 Å². The topological polar surface area (TPSA) is 106 Å². The van der Waals surface area contributed by atoms with Gasteiger partial charge in [0.1, 0.15) is 11.3 Å². The Morgan fingerprint density at radius 3 is 2.52 bits per heavy atom. The molecule has 0 spiro atoms. The number of nitrogens with two attached hydrogens (primary N) is 1. The second-order valence-electron chi connectivity index (χ2n) is 8.74. The summed E-state index contributed by atoms with van der Waals surface area (Å²) in [5.74, 6) is -0.0440. The molecule has 2 heterocycles. The van der Waals surface area contributed by atoms with Gasteiger partial charge in [-0.05, 0) is 37.8 Å². The third-order valence-corrected chi connectivity index (χ3v) is 5.42. The number of benzene rings is 1. The Hall–Kier alpha value is -2.83. The van der Waals surface area contributed by atoms with Gasteiger partial charge in [-0.1, -0.05) is 26.8 Å². The molecule has 3 rings (SSSR count). The standard InChI is InChI=1S/C22H29N3O4/c1-13-17(20(26)27)19(23)18-15(24-13)6-5-7-16(18)29-12-14-8-10-25(11-9-14)21(28)22(2,3)4/h5-7,14H,8-12H2,1-4H3,(H2,23,24)(H,26,27). The Labute approximate surface area is 170 Å². The van der Waals surface area contributed by atoms with E-state index in [1.54, 1.807) is 19.1 Å². The van der Waals surface area contributed by atoms with Crippen LogP contribution in [-0.4, -0.2) is 46.6 Å². The molecule has 1 saturated heterocycles. The Kier molecular flexibility index (Phi) is 5.68. The van der Waals surface area contributed by atoms with Crippen LogP contribution >= 0.6 is 0 Å². The smallest absolute Gasteiger partial charge is 0.339 e. The normalized spacial score (nSPS) is 15.5. The van der Waals surface area contributed by atoms with Gasteiger partial charge in [0.15, 0.2) is 0 Å². The molecule has 3 N–H and O–H groups in total. The van der Waals surface area contributed by atoms with Crippen molar-refractivity contribution < 1.29 is 19.4 Å². The van der Waals surface area contributed by atoms with Crippen molar-refractivity contribution in [3.8, 4) is 5.75 Å². The summed E-state index contributed by atoms with van der Waals surface area (Å²) in [6, 6.07) is 5.42. The predicted molar refractivity (Wildman–Crippen MR) is 112 cm³/mol. The molecule has 0 radical (unpaired) electrons. The fourth-order valence-electron chi connectivity index (χ4n) is 3.81. The molecule has 0 saturated carbocycles. The van der Waals surface area contributed by atoms with E-state index in [0.717, 1.165) is 25.9 Å². The molecule has 2 aromatic rings. The predicted octanol–water partition coefficient (Wildman–Crippen LogP) is 3.49. The van der Waals surface area contributed by atoms with E-state index in [9.17, 15) is 14.7 Å². The Balaban J connectivity index is 1.73. The number of hydrogen-bond donors (Lipinski definition) is 2. The number of anilines is 1. The monoisotopic (exact) mass is 399 g/mol. The van der Waals surface area contributed by atoms with E-state index in [1.165, 1.54) is 0 Å². The molecule has 29 heavy (non-hydrogen) atoms. The summed E-state index contributed by atoms with van der Waals surface area (Å²) in [6.45, 7) is 9.41. The lowest BCUT2D eigenvalue weighted by Gasteiger charge is -2.35. The van der Waals surface area contributed by atoms with Crippen molar-refractivity contribution in [2.24, 2.45) is 11.3 Å². The van der Waals surface area contributed by atoms with Gasteiger partial charge in [-0.3, -0.25) is 9.78 Å². The molecule has 0 unspecified atom stereocenters. The maximum absolute atomic E-state index is 12.4. The second kappa shape index (κ2) is 7.89. The van der Waals surface area contributed by atoms with Crippen LogP contribution in [0.25, 0.3) is 10.9 Å². The van der Waals surface area contributed by atoms with E-state index in [0.29, 0.717) is 34.9 Å². The molecule has 1 aromatic heterocycles. The molecular weight excluding hydrogens is 370 g/mol. The number of pyridine rings is 1. The first kappa shape index (κ1) is 20.9. The molecular formula is C22H29N3O4. The molecule has 1 amide bonds. The van der Waals surface area contributed by atoms with Gasteiger partial charge in [0.05, 0.1) is 28.9 Å². The van der Waals surface area contributed by atoms with Crippen LogP contribution in [0.4, 0.5) is 5.69 Å². The van der Waals surface area contributed by atoms with Crippen molar-refractivity contribution in [1.82, 2.24) is 9.88 Å². The fraction of sp³-hybridized carbons (Fsp3) is 0.500. The van der Waals surface area contributed by atoms with E-state index in [2.05, 4.69) is 4.98 Å². The zero-order valence-corrected chi connectivity index (χ0v) is 17.5. The van der Waals surface area contributed by atoms with Crippen molar-refractivity contribution in [3.63, 3.8) is 0 Å². The van der Waals surface area contributed by atoms with Crippen LogP contribution < -0.4 is 10.5 Å². The number of aromatic carboxylic acids is 1. The first-order valence-corrected chi connectivity index (χ1v) is 9.94. The molecule has 1 aliphatic rings. The number of carbonyl (C=O) groups is 2. The minimum Gasteiger partial charge on any atom is -0.493 e. The lowest BCUT2D eigenvalue weighted by Crippen LogP contribution is -2.44. The van der Waals surface area contributed by atoms with Gasteiger partial charge in [0.2, 0.25) is 5.91 Å². The third-order valence-electron chi connectivity index (χ3n) is 5.42. The number of hydrogen-bond acceptors (Lipinski definition) is 5. The Morgan fingerprint density at radius 1 is 1.28 bits per heavy atom. The summed E-state index contributed by atoms with van der Waals surface area (Å²) in [5, 5.41) is 10.0. The lowest BCUT2D eigenvalue weighted by molar-refractivity contribution is -0.141. The summed E-state index contributed by atoms with van der Waals surface area (Å²) < 4.78 is 6.06. The van der Waals surface area contributed by atoms with Crippen molar-refractivity contribution in [2.45, 2.75) is 40.5 Å². The first-order valence-electron chi connectivity index (χ1n) is 9.94. The summed E-state index contributed by atoms with van der Waals surface area (Å²) in [6.07, 6.45) is 1.75. The van der Waals surface area contributed by atoms with E-state index < -0.39 is 5.97 Å². The summed E-state index contributed by atoms with van der Waals surface area (Å²) >= 11 is 0. The van der Waals surface area contributed by atoms with Gasteiger partial charge >= 0.3 is 5.97 Å². The number of carbonyl (C=O) groups excluding carboxylic acids is 1. The van der Waals surface area contributed by atoms with Gasteiger partial charge < -0.3 is 20.5 Å². The summed E-state index contributed by atoms with van der Waals surface area (Å²) in [5.41, 5.74) is 7.01. The van der Waals surface area contributed by atoms with Gasteiger partial charge in [0, 0.05) is 18.5 Å². The van der Waals surface area contributed by atoms with Crippen LogP contribution in [0.3, 0.4) is 0 Å². The average Bonchev–Trinajstić information content (AvgIpc) is 2.64. The second-order valence-corrected chi connectivity index (χ2v) is 8.74. The molecule has 7 heteroatoms. The van der Waals surface area contributed by atoms with Gasteiger partial charge in [-0.2, -0.15) is 0 Å². The van der Waals surface area contributed by atoms with Crippen molar-refractivity contribution in [1.29, 1.82) is 0 Å². The number of nitrogens with zero attached hydrogens (tertiary/aromatic N) is 2. The molecule has 1 fully saturated rings. The van der Waals surface area contributed by atoms with E-state index in [4.69, 9.17) is 10.5 Å². The van der Waals surface area contributed by atoms with Crippen LogP contribution in [0.15, 0.2) is 18.2 Å². The Bertz CT molecular complexity index is 941. The van der Waals surface area contributed by atoms with Crippen molar-refractivity contribution in [2.75, 3.05) is 25.4 Å². The number of rotatable bonds is 4. The number of likely N-dealkylation sites (tertiary alicyclic amines) is 1. The number of aromatic nitrogens is 1. The number of amides is 1. The number of carboxylic acid groups (broad SMARTS) is 1. The quantitative estimate of drug-likeness (QED) is 0.815. The summed E-state index contributed by atoms with van der Waals surface area (Å²) in [7, 11) is 0. The highest BCUT2D eigenvalue weighted by atomic mass is 16.5. The highest BCUT2D eigenvalue weighted by Crippen LogP contribution is 2.34. The van der Waals surface area contributed by atoms with Crippen molar-refractivity contribution >= 4 is 28.5 Å². The third kappa shape index (κ3) is 4.28. The molecule has 1 aromatic carbocycles. The molecule has 7 nitrogen and oxygen atoms in total. The van der Waals surface area contributed by atoms with Crippen LogP contribution in [0.5, 0.6) is 5.75 Å². The van der Waals surface area contributed by atoms with Crippen molar-refractivity contribution in [3.05, 3.63) is 29.5 Å². The Morgan fingerprint density at radius 2 is 1.93 bits per heavy atom.